The number of carboxylic acids is 1. The van der Waals surface area contributed by atoms with Gasteiger partial charge >= 0.3 is 5.97 Å². The minimum atomic E-state index is -0.848. The fourth-order valence-corrected chi connectivity index (χ4v) is 0.682. The highest BCUT2D eigenvalue weighted by atomic mass is 31.0. The van der Waals surface area contributed by atoms with Crippen LogP contribution in [0.2, 0.25) is 0 Å². The summed E-state index contributed by atoms with van der Waals surface area (Å²) in [6, 6.07) is -0.514. The van der Waals surface area contributed by atoms with E-state index in [0.717, 1.165) is 0 Å². The normalized spacial score (nSPS) is 13.1. The zero-order valence-corrected chi connectivity index (χ0v) is 6.37. The molecule has 0 bridgehead atoms. The van der Waals surface area contributed by atoms with E-state index in [1.54, 1.807) is 7.05 Å². The van der Waals surface area contributed by atoms with E-state index in [4.69, 9.17) is 5.11 Å². The molecule has 0 spiro atoms. The molecule has 0 saturated heterocycles. The van der Waals surface area contributed by atoms with E-state index in [0.29, 0.717) is 6.54 Å². The van der Waals surface area contributed by atoms with Crippen LogP contribution in [0.15, 0.2) is 0 Å². The third kappa shape index (κ3) is 3.40. The van der Waals surface area contributed by atoms with Crippen molar-refractivity contribution in [1.29, 1.82) is 0 Å². The first-order valence-corrected chi connectivity index (χ1v) is 3.13. The highest BCUT2D eigenvalue weighted by molar-refractivity contribution is 7.13. The van der Waals surface area contributed by atoms with E-state index in [2.05, 4.69) is 19.8 Å². The molecule has 0 aliphatic rings. The summed E-state index contributed by atoms with van der Waals surface area (Å²) in [5.41, 5.74) is 0. The largest absolute Gasteiger partial charge is 0.480 e. The Morgan fingerprint density at radius 3 is 2.56 bits per heavy atom. The Kier molecular flexibility index (Phi) is 4.58. The lowest BCUT2D eigenvalue weighted by Crippen LogP contribution is -2.38. The molecule has 0 aromatic carbocycles. The zero-order chi connectivity index (χ0) is 7.28. The molecule has 0 heterocycles. The van der Waals surface area contributed by atoms with Crippen LogP contribution in [0.4, 0.5) is 0 Å². The van der Waals surface area contributed by atoms with Crippen LogP contribution in [-0.4, -0.2) is 30.7 Å². The quantitative estimate of drug-likeness (QED) is 0.452. The van der Waals surface area contributed by atoms with Gasteiger partial charge in [0.25, 0.3) is 0 Å². The number of carboxylic acid groups (broad SMARTS) is 1. The summed E-state index contributed by atoms with van der Waals surface area (Å²) in [7, 11) is 3.87. The second-order valence-corrected chi connectivity index (χ2v) is 1.95. The van der Waals surface area contributed by atoms with E-state index in [1.165, 1.54) is 0 Å². The molecule has 2 unspecified atom stereocenters. The molecular weight excluding hydrogens is 139 g/mol. The van der Waals surface area contributed by atoms with Gasteiger partial charge in [0.2, 0.25) is 0 Å². The molecular formula is C4H11N2O2P. The fraction of sp³-hybridized carbons (Fsp3) is 0.750. The Balaban J connectivity index is 3.54. The SMILES string of the molecule is CNCC(NP)C(=O)O. The number of nitrogens with one attached hydrogen (secondary N) is 2. The minimum Gasteiger partial charge on any atom is -0.480 e. The third-order valence-corrected chi connectivity index (χ3v) is 1.31. The van der Waals surface area contributed by atoms with Crippen LogP contribution in [0.3, 0.4) is 0 Å². The van der Waals surface area contributed by atoms with Gasteiger partial charge < -0.3 is 10.4 Å². The summed E-state index contributed by atoms with van der Waals surface area (Å²) in [4.78, 5) is 10.2. The van der Waals surface area contributed by atoms with Crippen molar-refractivity contribution in [2.24, 2.45) is 0 Å². The van der Waals surface area contributed by atoms with Gasteiger partial charge in [0.05, 0.1) is 0 Å². The molecule has 0 aliphatic carbocycles. The topological polar surface area (TPSA) is 61.4 Å². The van der Waals surface area contributed by atoms with Gasteiger partial charge in [0.15, 0.2) is 0 Å². The summed E-state index contributed by atoms with van der Waals surface area (Å²) >= 11 is 0. The molecule has 0 aromatic heterocycles. The lowest BCUT2D eigenvalue weighted by atomic mass is 10.3. The average Bonchev–Trinajstić information content (AvgIpc) is 1.82. The highest BCUT2D eigenvalue weighted by Gasteiger charge is 2.11. The summed E-state index contributed by atoms with van der Waals surface area (Å²) in [5, 5.41) is 13.7. The zero-order valence-electron chi connectivity index (χ0n) is 5.22. The maximum atomic E-state index is 10.2. The van der Waals surface area contributed by atoms with Crippen LogP contribution < -0.4 is 10.4 Å². The molecule has 0 fully saturated rings. The number of rotatable bonds is 4. The molecule has 2 atom stereocenters. The molecule has 5 heteroatoms. The number of hydrogen-bond acceptors (Lipinski definition) is 3. The lowest BCUT2D eigenvalue weighted by Gasteiger charge is -2.08. The van der Waals surface area contributed by atoms with Crippen molar-refractivity contribution in [3.63, 3.8) is 0 Å². The number of hydrogen-bond donors (Lipinski definition) is 3. The van der Waals surface area contributed by atoms with E-state index in [-0.39, 0.29) is 0 Å². The standard InChI is InChI=1S/C4H11N2O2P/c1-5-2-3(6-9)4(7)8/h3,5-6H,2,9H2,1H3,(H,7,8). The average molecular weight is 150 g/mol. The first-order valence-electron chi connectivity index (χ1n) is 2.56. The van der Waals surface area contributed by atoms with Crippen LogP contribution in [0.5, 0.6) is 0 Å². The second kappa shape index (κ2) is 4.68. The first-order chi connectivity index (χ1) is 4.22. The van der Waals surface area contributed by atoms with Gasteiger partial charge in [0, 0.05) is 6.54 Å². The Labute approximate surface area is 56.3 Å². The summed E-state index contributed by atoms with van der Waals surface area (Å²) in [5.74, 6) is -0.848. The maximum absolute atomic E-state index is 10.2. The number of aliphatic carboxylic acids is 1. The van der Waals surface area contributed by atoms with Gasteiger partial charge in [-0.25, -0.2) is 0 Å². The molecule has 0 saturated carbocycles. The molecule has 0 amide bonds. The van der Waals surface area contributed by atoms with E-state index >= 15 is 0 Å². The smallest absolute Gasteiger partial charge is 0.322 e. The number of likely N-dealkylation sites (N-methyl/N-ethyl adjacent to an activating group) is 1. The summed E-state index contributed by atoms with van der Waals surface area (Å²) in [6.07, 6.45) is 0. The van der Waals surface area contributed by atoms with Crippen molar-refractivity contribution in [2.45, 2.75) is 6.04 Å². The van der Waals surface area contributed by atoms with Crippen LogP contribution >= 0.6 is 9.39 Å². The predicted octanol–water partition coefficient (Wildman–Crippen LogP) is -0.961. The summed E-state index contributed by atoms with van der Waals surface area (Å²) < 4.78 is 0. The van der Waals surface area contributed by atoms with Gasteiger partial charge in [-0.05, 0) is 7.05 Å². The Hall–Kier alpha value is -0.180. The lowest BCUT2D eigenvalue weighted by molar-refractivity contribution is -0.138. The van der Waals surface area contributed by atoms with Crippen LogP contribution in [-0.2, 0) is 4.79 Å². The van der Waals surface area contributed by atoms with Gasteiger partial charge in [0.1, 0.15) is 6.04 Å². The van der Waals surface area contributed by atoms with Crippen LogP contribution in [0.25, 0.3) is 0 Å². The Morgan fingerprint density at radius 1 is 1.89 bits per heavy atom. The predicted molar refractivity (Wildman–Crippen MR) is 38.2 cm³/mol. The molecule has 0 aromatic rings. The van der Waals surface area contributed by atoms with Gasteiger partial charge in [-0.2, -0.15) is 0 Å². The maximum Gasteiger partial charge on any atom is 0.322 e. The van der Waals surface area contributed by atoms with Gasteiger partial charge in [-0.3, -0.25) is 9.88 Å². The minimum absolute atomic E-state index is 0.429. The number of carbonyl (C=O) groups is 1. The monoisotopic (exact) mass is 150 g/mol. The Bertz CT molecular complexity index is 98.6. The Morgan fingerprint density at radius 2 is 2.44 bits per heavy atom. The van der Waals surface area contributed by atoms with E-state index in [1.807, 2.05) is 0 Å². The molecule has 0 rings (SSSR count). The van der Waals surface area contributed by atoms with Crippen molar-refractivity contribution >= 4 is 15.4 Å². The molecule has 4 nitrogen and oxygen atoms in total. The van der Waals surface area contributed by atoms with Crippen molar-refractivity contribution < 1.29 is 9.90 Å². The van der Waals surface area contributed by atoms with Crippen LogP contribution in [0, 0.1) is 0 Å². The second-order valence-electron chi connectivity index (χ2n) is 1.62. The van der Waals surface area contributed by atoms with Crippen LogP contribution in [0.1, 0.15) is 0 Å². The van der Waals surface area contributed by atoms with E-state index in [9.17, 15) is 4.79 Å². The third-order valence-electron chi connectivity index (χ3n) is 0.908. The molecule has 0 aliphatic heterocycles. The van der Waals surface area contributed by atoms with Crippen molar-refractivity contribution in [1.82, 2.24) is 10.4 Å². The van der Waals surface area contributed by atoms with Crippen molar-refractivity contribution in [3.05, 3.63) is 0 Å². The van der Waals surface area contributed by atoms with Gasteiger partial charge in [-0.15, -0.1) is 0 Å². The fourth-order valence-electron chi connectivity index (χ4n) is 0.422. The van der Waals surface area contributed by atoms with Crippen molar-refractivity contribution in [3.8, 4) is 0 Å². The first kappa shape index (κ1) is 8.82. The molecule has 3 N–H and O–H groups in total. The van der Waals surface area contributed by atoms with Gasteiger partial charge in [-0.1, -0.05) is 9.39 Å². The van der Waals surface area contributed by atoms with Crippen molar-refractivity contribution in [2.75, 3.05) is 13.6 Å². The highest BCUT2D eigenvalue weighted by Crippen LogP contribution is 1.83. The van der Waals surface area contributed by atoms with E-state index < -0.39 is 12.0 Å². The molecule has 54 valence electrons. The molecule has 0 radical (unpaired) electrons. The summed E-state index contributed by atoms with van der Waals surface area (Å²) in [6.45, 7) is 0.429. The molecule has 9 heavy (non-hydrogen) atoms.